The molecule has 0 spiro atoms. The van der Waals surface area contributed by atoms with Gasteiger partial charge in [-0.1, -0.05) is 95.8 Å². The van der Waals surface area contributed by atoms with Crippen molar-refractivity contribution in [2.75, 3.05) is 5.75 Å². The van der Waals surface area contributed by atoms with Crippen molar-refractivity contribution < 1.29 is 9.59 Å². The van der Waals surface area contributed by atoms with Crippen LogP contribution in [0.5, 0.6) is 0 Å². The fraction of sp³-hybridized carbons (Fsp3) is 0.310. The molecule has 0 fully saturated rings. The summed E-state index contributed by atoms with van der Waals surface area (Å²) in [6, 6.07) is 19.5. The lowest BCUT2D eigenvalue weighted by atomic mass is 10.0. The normalized spacial score (nSPS) is 12.6. The number of thioether (sulfide) groups is 1. The first-order chi connectivity index (χ1) is 18.2. The lowest BCUT2D eigenvalue weighted by molar-refractivity contribution is -0.139. The van der Waals surface area contributed by atoms with Gasteiger partial charge in [0.1, 0.15) is 6.04 Å². The van der Waals surface area contributed by atoms with Gasteiger partial charge in [-0.2, -0.15) is 0 Å². The fourth-order valence-electron chi connectivity index (χ4n) is 3.80. The van der Waals surface area contributed by atoms with Crippen LogP contribution >= 0.6 is 58.2 Å². The van der Waals surface area contributed by atoms with Crippen molar-refractivity contribution in [3.05, 3.63) is 104 Å². The number of amides is 2. The Balaban J connectivity index is 1.88. The summed E-state index contributed by atoms with van der Waals surface area (Å²) in [7, 11) is 0. The molecule has 0 aliphatic rings. The highest BCUT2D eigenvalue weighted by atomic mass is 35.5. The lowest BCUT2D eigenvalue weighted by Gasteiger charge is -2.32. The first-order valence-corrected chi connectivity index (χ1v) is 14.9. The van der Waals surface area contributed by atoms with Crippen LogP contribution in [0.1, 0.15) is 37.0 Å². The summed E-state index contributed by atoms with van der Waals surface area (Å²) in [5.41, 5.74) is 2.64. The summed E-state index contributed by atoms with van der Waals surface area (Å²) in [6.45, 7) is 4.17. The van der Waals surface area contributed by atoms with E-state index in [0.29, 0.717) is 32.3 Å². The molecule has 3 aromatic carbocycles. The van der Waals surface area contributed by atoms with Gasteiger partial charge in [-0.25, -0.2) is 0 Å². The van der Waals surface area contributed by atoms with Crippen LogP contribution in [0.4, 0.5) is 0 Å². The SMILES string of the molecule is CCC(C)NC(=O)C(Cc1ccccc1)N(Cc1ccc(Cl)c(Cl)c1)C(=O)CSCc1ccc(Cl)cc1Cl. The average Bonchev–Trinajstić information content (AvgIpc) is 2.89. The van der Waals surface area contributed by atoms with Gasteiger partial charge in [0.15, 0.2) is 0 Å². The Labute approximate surface area is 249 Å². The van der Waals surface area contributed by atoms with Crippen molar-refractivity contribution in [1.82, 2.24) is 10.2 Å². The summed E-state index contributed by atoms with van der Waals surface area (Å²) in [6.07, 6.45) is 1.16. The zero-order valence-corrected chi connectivity index (χ0v) is 25.1. The number of benzene rings is 3. The molecule has 2 atom stereocenters. The standard InChI is InChI=1S/C29H30Cl4N2O2S/c1-3-19(2)34-29(37)27(14-20-7-5-4-6-8-20)35(16-21-9-12-24(31)26(33)13-21)28(36)18-38-17-22-10-11-23(30)15-25(22)32/h4-13,15,19,27H,3,14,16-18H2,1-2H3,(H,34,37). The highest BCUT2D eigenvalue weighted by Crippen LogP contribution is 2.27. The maximum Gasteiger partial charge on any atom is 0.243 e. The minimum atomic E-state index is -0.715. The van der Waals surface area contributed by atoms with E-state index in [-0.39, 0.29) is 30.2 Å². The van der Waals surface area contributed by atoms with Crippen molar-refractivity contribution in [2.24, 2.45) is 0 Å². The summed E-state index contributed by atoms with van der Waals surface area (Å²) in [5.74, 6) is 0.348. The Kier molecular flexibility index (Phi) is 12.1. The molecule has 0 bridgehead atoms. The molecule has 0 saturated heterocycles. The number of nitrogens with zero attached hydrogens (tertiary/aromatic N) is 1. The molecular weight excluding hydrogens is 582 g/mol. The predicted molar refractivity (Wildman–Crippen MR) is 161 cm³/mol. The van der Waals surface area contributed by atoms with Gasteiger partial charge in [0.2, 0.25) is 11.8 Å². The van der Waals surface area contributed by atoms with E-state index in [0.717, 1.165) is 23.1 Å². The minimum absolute atomic E-state index is 0.0240. The second-order valence-corrected chi connectivity index (χ2v) is 11.7. The molecule has 9 heteroatoms. The number of carbonyl (C=O) groups excluding carboxylic acids is 2. The number of rotatable bonds is 12. The average molecular weight is 612 g/mol. The summed E-state index contributed by atoms with van der Waals surface area (Å²) >= 11 is 26.2. The topological polar surface area (TPSA) is 49.4 Å². The molecule has 3 rings (SSSR count). The van der Waals surface area contributed by atoms with Gasteiger partial charge in [0.25, 0.3) is 0 Å². The van der Waals surface area contributed by atoms with E-state index in [9.17, 15) is 9.59 Å². The van der Waals surface area contributed by atoms with Gasteiger partial charge < -0.3 is 10.2 Å². The minimum Gasteiger partial charge on any atom is -0.352 e. The molecule has 1 N–H and O–H groups in total. The van der Waals surface area contributed by atoms with Gasteiger partial charge in [-0.3, -0.25) is 9.59 Å². The molecule has 2 unspecified atom stereocenters. The number of carbonyl (C=O) groups is 2. The third kappa shape index (κ3) is 9.10. The third-order valence-electron chi connectivity index (χ3n) is 6.11. The van der Waals surface area contributed by atoms with Gasteiger partial charge in [0, 0.05) is 34.8 Å². The van der Waals surface area contributed by atoms with Crippen molar-refractivity contribution in [1.29, 1.82) is 0 Å². The number of hydrogen-bond donors (Lipinski definition) is 1. The van der Waals surface area contributed by atoms with Crippen molar-refractivity contribution in [2.45, 2.75) is 51.1 Å². The lowest BCUT2D eigenvalue weighted by Crippen LogP contribution is -2.52. The van der Waals surface area contributed by atoms with Crippen LogP contribution in [0, 0.1) is 0 Å². The fourth-order valence-corrected chi connectivity index (χ4v) is 5.59. The maximum atomic E-state index is 13.7. The molecule has 0 saturated carbocycles. The van der Waals surface area contributed by atoms with E-state index in [1.165, 1.54) is 11.8 Å². The zero-order chi connectivity index (χ0) is 27.7. The van der Waals surface area contributed by atoms with Crippen LogP contribution in [0.25, 0.3) is 0 Å². The maximum absolute atomic E-state index is 13.7. The number of halogens is 4. The Morgan fingerprint density at radius 1 is 0.895 bits per heavy atom. The van der Waals surface area contributed by atoms with Gasteiger partial charge >= 0.3 is 0 Å². The Morgan fingerprint density at radius 2 is 1.63 bits per heavy atom. The van der Waals surface area contributed by atoms with Crippen LogP contribution in [-0.2, 0) is 28.3 Å². The molecule has 0 aromatic heterocycles. The number of hydrogen-bond acceptors (Lipinski definition) is 3. The molecule has 0 aliphatic heterocycles. The number of nitrogens with one attached hydrogen (secondary N) is 1. The molecule has 2 amide bonds. The molecule has 0 aliphatic carbocycles. The van der Waals surface area contributed by atoms with E-state index in [1.807, 2.05) is 56.3 Å². The van der Waals surface area contributed by atoms with Crippen LogP contribution in [0.15, 0.2) is 66.7 Å². The quantitative estimate of drug-likeness (QED) is 0.225. The highest BCUT2D eigenvalue weighted by molar-refractivity contribution is 7.99. The van der Waals surface area contributed by atoms with Crippen molar-refractivity contribution >= 4 is 70.0 Å². The first-order valence-electron chi connectivity index (χ1n) is 12.3. The molecule has 202 valence electrons. The van der Waals surface area contributed by atoms with Gasteiger partial charge in [-0.05, 0) is 54.3 Å². The first kappa shape index (κ1) is 30.6. The van der Waals surface area contributed by atoms with E-state index >= 15 is 0 Å². The predicted octanol–water partition coefficient (Wildman–Crippen LogP) is 8.09. The molecule has 3 aromatic rings. The van der Waals surface area contributed by atoms with Crippen LogP contribution in [0.3, 0.4) is 0 Å². The summed E-state index contributed by atoms with van der Waals surface area (Å²) in [5, 5.41) is 5.01. The van der Waals surface area contributed by atoms with Crippen LogP contribution < -0.4 is 5.32 Å². The third-order valence-corrected chi connectivity index (χ3v) is 8.40. The van der Waals surface area contributed by atoms with Gasteiger partial charge in [-0.15, -0.1) is 11.8 Å². The smallest absolute Gasteiger partial charge is 0.243 e. The molecule has 4 nitrogen and oxygen atoms in total. The molecule has 0 radical (unpaired) electrons. The van der Waals surface area contributed by atoms with Crippen molar-refractivity contribution in [3.8, 4) is 0 Å². The zero-order valence-electron chi connectivity index (χ0n) is 21.2. The Bertz CT molecular complexity index is 1240. The highest BCUT2D eigenvalue weighted by Gasteiger charge is 2.31. The van der Waals surface area contributed by atoms with Crippen molar-refractivity contribution in [3.63, 3.8) is 0 Å². The Hall–Kier alpha value is -1.89. The largest absolute Gasteiger partial charge is 0.352 e. The molecule has 0 heterocycles. The van der Waals surface area contributed by atoms with E-state index in [1.54, 1.807) is 29.2 Å². The summed E-state index contributed by atoms with van der Waals surface area (Å²) in [4.78, 5) is 28.9. The van der Waals surface area contributed by atoms with E-state index in [4.69, 9.17) is 46.4 Å². The van der Waals surface area contributed by atoms with E-state index < -0.39 is 6.04 Å². The van der Waals surface area contributed by atoms with Gasteiger partial charge in [0.05, 0.1) is 15.8 Å². The Morgan fingerprint density at radius 3 is 2.29 bits per heavy atom. The van der Waals surface area contributed by atoms with E-state index in [2.05, 4.69) is 5.32 Å². The van der Waals surface area contributed by atoms with Crippen LogP contribution in [-0.4, -0.2) is 34.6 Å². The molecule has 38 heavy (non-hydrogen) atoms. The summed E-state index contributed by atoms with van der Waals surface area (Å²) < 4.78 is 0. The monoisotopic (exact) mass is 610 g/mol. The molecular formula is C29H30Cl4N2O2S. The second-order valence-electron chi connectivity index (χ2n) is 9.02. The second kappa shape index (κ2) is 15.0. The van der Waals surface area contributed by atoms with Crippen LogP contribution in [0.2, 0.25) is 20.1 Å².